The van der Waals surface area contributed by atoms with Crippen LogP contribution in [0.15, 0.2) is 73.2 Å². The van der Waals surface area contributed by atoms with Gasteiger partial charge in [-0.15, -0.1) is 5.10 Å². The van der Waals surface area contributed by atoms with Crippen LogP contribution < -0.4 is 10.6 Å². The molecule has 0 atom stereocenters. The summed E-state index contributed by atoms with van der Waals surface area (Å²) in [4.78, 5) is 17.2. The average Bonchev–Trinajstić information content (AvgIpc) is 3.25. The third-order valence-electron chi connectivity index (χ3n) is 4.71. The monoisotopic (exact) mass is 425 g/mol. The number of nitrogens with one attached hydrogen (secondary N) is 2. The first-order valence-corrected chi connectivity index (χ1v) is 9.98. The Morgan fingerprint density at radius 3 is 2.34 bits per heavy atom. The molecular weight excluding hydrogens is 406 g/mol. The first-order valence-electron chi connectivity index (χ1n) is 9.98. The van der Waals surface area contributed by atoms with Gasteiger partial charge in [0, 0.05) is 30.4 Å². The zero-order valence-electron chi connectivity index (χ0n) is 16.9. The number of hydrogen-bond acceptors (Lipinski definition) is 9. The molecule has 158 valence electrons. The third-order valence-corrected chi connectivity index (χ3v) is 4.71. The zero-order valence-corrected chi connectivity index (χ0v) is 16.9. The predicted molar refractivity (Wildman–Crippen MR) is 120 cm³/mol. The van der Waals surface area contributed by atoms with E-state index in [2.05, 4.69) is 40.9 Å². The minimum atomic E-state index is 0.0878. The molecule has 10 heteroatoms. The Balaban J connectivity index is 1.37. The molecule has 0 unspecified atom stereocenters. The maximum atomic E-state index is 9.21. The summed E-state index contributed by atoms with van der Waals surface area (Å²) in [7, 11) is 0. The van der Waals surface area contributed by atoms with Crippen molar-refractivity contribution in [3.05, 3.63) is 78.8 Å². The first kappa shape index (κ1) is 19.5. The van der Waals surface area contributed by atoms with Crippen LogP contribution in [0.5, 0.6) is 0 Å². The molecule has 0 radical (unpaired) electrons. The van der Waals surface area contributed by atoms with E-state index in [-0.39, 0.29) is 6.61 Å². The van der Waals surface area contributed by atoms with Crippen LogP contribution in [-0.2, 0) is 6.42 Å². The van der Waals surface area contributed by atoms with E-state index < -0.39 is 0 Å². The number of aromatic nitrogens is 7. The molecule has 0 aliphatic heterocycles. The summed E-state index contributed by atoms with van der Waals surface area (Å²) < 4.78 is 1.66. The van der Waals surface area contributed by atoms with Crippen LogP contribution in [0.1, 0.15) is 5.56 Å². The van der Waals surface area contributed by atoms with Crippen molar-refractivity contribution in [2.24, 2.45) is 0 Å². The number of rotatable bonds is 7. The predicted octanol–water partition coefficient (Wildman–Crippen LogP) is 3.02. The van der Waals surface area contributed by atoms with Gasteiger partial charge in [-0.25, -0.2) is 15.0 Å². The highest BCUT2D eigenvalue weighted by molar-refractivity contribution is 5.73. The second kappa shape index (κ2) is 8.74. The molecule has 5 rings (SSSR count). The Morgan fingerprint density at radius 1 is 0.844 bits per heavy atom. The second-order valence-electron chi connectivity index (χ2n) is 6.95. The zero-order chi connectivity index (χ0) is 21.8. The summed E-state index contributed by atoms with van der Waals surface area (Å²) in [5.41, 5.74) is 4.70. The molecule has 0 aliphatic rings. The number of anilines is 4. The molecule has 3 heterocycles. The van der Waals surface area contributed by atoms with Gasteiger partial charge in [0.2, 0.25) is 11.9 Å². The largest absolute Gasteiger partial charge is 0.396 e. The lowest BCUT2D eigenvalue weighted by molar-refractivity contribution is 0.299. The molecule has 0 fully saturated rings. The van der Waals surface area contributed by atoms with Gasteiger partial charge in [0.1, 0.15) is 0 Å². The number of hydrogen-bond donors (Lipinski definition) is 3. The molecule has 0 aliphatic carbocycles. The van der Waals surface area contributed by atoms with E-state index in [9.17, 15) is 5.11 Å². The van der Waals surface area contributed by atoms with E-state index in [1.54, 1.807) is 29.3 Å². The fourth-order valence-electron chi connectivity index (χ4n) is 3.19. The Bertz CT molecular complexity index is 1340. The van der Waals surface area contributed by atoms with E-state index in [4.69, 9.17) is 0 Å². The van der Waals surface area contributed by atoms with Crippen LogP contribution in [0.3, 0.4) is 0 Å². The van der Waals surface area contributed by atoms with Gasteiger partial charge in [0.15, 0.2) is 11.2 Å². The van der Waals surface area contributed by atoms with Crippen molar-refractivity contribution < 1.29 is 5.11 Å². The van der Waals surface area contributed by atoms with E-state index in [1.165, 1.54) is 0 Å². The van der Waals surface area contributed by atoms with E-state index in [0.717, 1.165) is 22.6 Å². The van der Waals surface area contributed by atoms with Crippen molar-refractivity contribution in [2.45, 2.75) is 6.42 Å². The third kappa shape index (κ3) is 4.20. The Labute approximate surface area is 183 Å². The van der Waals surface area contributed by atoms with Crippen LogP contribution >= 0.6 is 0 Å². The molecule has 32 heavy (non-hydrogen) atoms. The summed E-state index contributed by atoms with van der Waals surface area (Å²) in [6, 6.07) is 17.2. The van der Waals surface area contributed by atoms with Crippen LogP contribution in [0.4, 0.5) is 23.3 Å². The summed E-state index contributed by atoms with van der Waals surface area (Å²) >= 11 is 0. The van der Waals surface area contributed by atoms with Gasteiger partial charge < -0.3 is 15.7 Å². The van der Waals surface area contributed by atoms with Crippen molar-refractivity contribution in [2.75, 3.05) is 17.2 Å². The molecule has 0 saturated heterocycles. The quantitative estimate of drug-likeness (QED) is 0.360. The van der Waals surface area contributed by atoms with Gasteiger partial charge >= 0.3 is 0 Å². The SMILES string of the molecule is OCCc1cccc(-n2nnc3cnc(Nc4ccc(Nc5ncccn5)cc4)nc32)c1. The van der Waals surface area contributed by atoms with Crippen LogP contribution in [0.25, 0.3) is 16.9 Å². The molecule has 10 nitrogen and oxygen atoms in total. The molecule has 0 amide bonds. The van der Waals surface area contributed by atoms with Crippen molar-refractivity contribution in [3.8, 4) is 5.69 Å². The highest BCUT2D eigenvalue weighted by Crippen LogP contribution is 2.21. The van der Waals surface area contributed by atoms with Gasteiger partial charge in [-0.3, -0.25) is 0 Å². The Hall–Kier alpha value is -4.44. The van der Waals surface area contributed by atoms with Crippen LogP contribution in [-0.4, -0.2) is 46.6 Å². The minimum Gasteiger partial charge on any atom is -0.396 e. The van der Waals surface area contributed by atoms with E-state index >= 15 is 0 Å². The summed E-state index contributed by atoms with van der Waals surface area (Å²) in [5, 5.41) is 23.9. The molecule has 0 saturated carbocycles. The summed E-state index contributed by atoms with van der Waals surface area (Å²) in [6.07, 6.45) is 5.57. The van der Waals surface area contributed by atoms with Crippen molar-refractivity contribution in [1.29, 1.82) is 0 Å². The van der Waals surface area contributed by atoms with Crippen LogP contribution in [0.2, 0.25) is 0 Å². The first-order chi connectivity index (χ1) is 15.8. The van der Waals surface area contributed by atoms with Gasteiger partial charge in [0.25, 0.3) is 0 Å². The smallest absolute Gasteiger partial charge is 0.229 e. The molecule has 0 spiro atoms. The van der Waals surface area contributed by atoms with Crippen LogP contribution in [0, 0.1) is 0 Å². The maximum Gasteiger partial charge on any atom is 0.229 e. The van der Waals surface area contributed by atoms with E-state index in [0.29, 0.717) is 29.5 Å². The van der Waals surface area contributed by atoms with Crippen molar-refractivity contribution >= 4 is 34.4 Å². The molecule has 3 N–H and O–H groups in total. The van der Waals surface area contributed by atoms with Gasteiger partial charge in [-0.1, -0.05) is 17.3 Å². The Kier molecular flexibility index (Phi) is 5.33. The number of benzene rings is 2. The summed E-state index contributed by atoms with van der Waals surface area (Å²) in [6.45, 7) is 0.0878. The lowest BCUT2D eigenvalue weighted by Crippen LogP contribution is -2.02. The number of nitrogens with zero attached hydrogens (tertiary/aromatic N) is 7. The maximum absolute atomic E-state index is 9.21. The second-order valence-corrected chi connectivity index (χ2v) is 6.95. The molecule has 0 bridgehead atoms. The number of fused-ring (bicyclic) bond motifs is 1. The number of aliphatic hydroxyl groups is 1. The lowest BCUT2D eigenvalue weighted by atomic mass is 10.1. The van der Waals surface area contributed by atoms with E-state index in [1.807, 2.05) is 48.5 Å². The highest BCUT2D eigenvalue weighted by atomic mass is 16.2. The topological polar surface area (TPSA) is 127 Å². The summed E-state index contributed by atoms with van der Waals surface area (Å²) in [5.74, 6) is 0.963. The average molecular weight is 425 g/mol. The molecular formula is C22H19N9O. The fourth-order valence-corrected chi connectivity index (χ4v) is 3.19. The van der Waals surface area contributed by atoms with Crippen molar-refractivity contribution in [1.82, 2.24) is 34.9 Å². The van der Waals surface area contributed by atoms with Gasteiger partial charge in [-0.05, 0) is 54.4 Å². The van der Waals surface area contributed by atoms with Gasteiger partial charge in [0.05, 0.1) is 11.9 Å². The molecule has 2 aromatic carbocycles. The number of aliphatic hydroxyl groups excluding tert-OH is 1. The Morgan fingerprint density at radius 2 is 1.59 bits per heavy atom. The normalized spacial score (nSPS) is 10.9. The minimum absolute atomic E-state index is 0.0878. The fraction of sp³-hybridized carbons (Fsp3) is 0.0909. The van der Waals surface area contributed by atoms with Crippen molar-refractivity contribution in [3.63, 3.8) is 0 Å². The highest BCUT2D eigenvalue weighted by Gasteiger charge is 2.11. The molecule has 5 aromatic rings. The lowest BCUT2D eigenvalue weighted by Gasteiger charge is -2.08. The molecule has 3 aromatic heterocycles. The standard InChI is InChI=1S/C22H19N9O/c32-12-9-15-3-1-4-18(13-15)31-20-19(29-30-31)14-25-22(28-20)27-17-7-5-16(6-8-17)26-21-23-10-2-11-24-21/h1-8,10-11,13-14,32H,9,12H2,(H,23,24,26)(H,25,27,28). The van der Waals surface area contributed by atoms with Gasteiger partial charge in [-0.2, -0.15) is 9.67 Å².